The van der Waals surface area contributed by atoms with E-state index in [-0.39, 0.29) is 23.7 Å². The van der Waals surface area contributed by atoms with Gasteiger partial charge in [0.05, 0.1) is 0 Å². The summed E-state index contributed by atoms with van der Waals surface area (Å²) in [5.41, 5.74) is 5.67. The normalized spacial score (nSPS) is 40.8. The molecule has 19 heavy (non-hydrogen) atoms. The lowest BCUT2D eigenvalue weighted by Gasteiger charge is -2.26. The van der Waals surface area contributed by atoms with Crippen LogP contribution in [-0.4, -0.2) is 11.8 Å². The summed E-state index contributed by atoms with van der Waals surface area (Å²) in [4.78, 5) is 24.0. The first kappa shape index (κ1) is 11.7. The highest BCUT2D eigenvalue weighted by atomic mass is 16.2. The molecule has 0 aromatic heterocycles. The summed E-state index contributed by atoms with van der Waals surface area (Å²) >= 11 is 0. The van der Waals surface area contributed by atoms with Gasteiger partial charge in [-0.2, -0.15) is 0 Å². The summed E-state index contributed by atoms with van der Waals surface area (Å²) in [5, 5.41) is 0. The summed E-state index contributed by atoms with van der Waals surface area (Å²) < 4.78 is 0. The SMILES string of the molecule is O=C(NNC(=O)C1CC12CCC2)C1C2CCCCC21. The zero-order valence-electron chi connectivity index (χ0n) is 11.3. The van der Waals surface area contributed by atoms with Crippen LogP contribution in [0.4, 0.5) is 0 Å². The van der Waals surface area contributed by atoms with Crippen molar-refractivity contribution in [2.75, 3.05) is 0 Å². The van der Waals surface area contributed by atoms with Crippen LogP contribution in [-0.2, 0) is 9.59 Å². The van der Waals surface area contributed by atoms with Crippen LogP contribution in [0.3, 0.4) is 0 Å². The fraction of sp³-hybridized carbons (Fsp3) is 0.867. The minimum Gasteiger partial charge on any atom is -0.273 e. The Labute approximate surface area is 113 Å². The lowest BCUT2D eigenvalue weighted by molar-refractivity contribution is -0.131. The van der Waals surface area contributed by atoms with Crippen molar-refractivity contribution >= 4 is 11.8 Å². The Morgan fingerprint density at radius 1 is 0.895 bits per heavy atom. The van der Waals surface area contributed by atoms with Gasteiger partial charge in [-0.15, -0.1) is 0 Å². The molecular formula is C15H22N2O2. The minimum absolute atomic E-state index is 0.0386. The fourth-order valence-electron chi connectivity index (χ4n) is 4.58. The predicted octanol–water partition coefficient (Wildman–Crippen LogP) is 1.76. The quantitative estimate of drug-likeness (QED) is 0.745. The van der Waals surface area contributed by atoms with Crippen molar-refractivity contribution in [2.24, 2.45) is 29.1 Å². The zero-order valence-corrected chi connectivity index (χ0v) is 11.3. The monoisotopic (exact) mass is 262 g/mol. The van der Waals surface area contributed by atoms with E-state index in [9.17, 15) is 9.59 Å². The molecule has 0 aromatic carbocycles. The Morgan fingerprint density at radius 2 is 1.53 bits per heavy atom. The predicted molar refractivity (Wildman–Crippen MR) is 69.6 cm³/mol. The van der Waals surface area contributed by atoms with E-state index >= 15 is 0 Å². The third kappa shape index (κ3) is 1.79. The Bertz CT molecular complexity index is 418. The molecule has 4 rings (SSSR count). The van der Waals surface area contributed by atoms with E-state index in [2.05, 4.69) is 10.9 Å². The molecule has 4 nitrogen and oxygen atoms in total. The summed E-state index contributed by atoms with van der Waals surface area (Å²) in [5.74, 6) is 1.64. The largest absolute Gasteiger partial charge is 0.273 e. The van der Waals surface area contributed by atoms with E-state index in [0.717, 1.165) is 6.42 Å². The third-order valence-electron chi connectivity index (χ3n) is 6.12. The maximum absolute atomic E-state index is 12.0. The number of amides is 2. The van der Waals surface area contributed by atoms with Crippen LogP contribution in [0.1, 0.15) is 51.4 Å². The van der Waals surface area contributed by atoms with Crippen LogP contribution in [0, 0.1) is 29.1 Å². The Balaban J connectivity index is 1.24. The molecule has 0 bridgehead atoms. The van der Waals surface area contributed by atoms with Gasteiger partial charge in [0.2, 0.25) is 11.8 Å². The molecule has 4 heteroatoms. The number of hydrazine groups is 1. The highest BCUT2D eigenvalue weighted by molar-refractivity contribution is 5.88. The first-order valence-corrected chi connectivity index (χ1v) is 7.81. The molecule has 4 aliphatic rings. The lowest BCUT2D eigenvalue weighted by atomic mass is 9.80. The van der Waals surface area contributed by atoms with Crippen LogP contribution in [0.25, 0.3) is 0 Å². The van der Waals surface area contributed by atoms with E-state index in [4.69, 9.17) is 0 Å². The Kier molecular flexibility index (Phi) is 2.45. The van der Waals surface area contributed by atoms with Gasteiger partial charge in [0, 0.05) is 11.8 Å². The number of hydrogen-bond donors (Lipinski definition) is 2. The zero-order chi connectivity index (χ0) is 13.0. The second-order valence-corrected chi connectivity index (χ2v) is 7.09. The highest BCUT2D eigenvalue weighted by Gasteiger charge is 2.61. The molecule has 1 spiro atoms. The van der Waals surface area contributed by atoms with Gasteiger partial charge in [0.15, 0.2) is 0 Å². The topological polar surface area (TPSA) is 58.2 Å². The van der Waals surface area contributed by atoms with Gasteiger partial charge in [-0.3, -0.25) is 20.4 Å². The second-order valence-electron chi connectivity index (χ2n) is 7.09. The van der Waals surface area contributed by atoms with Crippen molar-refractivity contribution in [3.05, 3.63) is 0 Å². The van der Waals surface area contributed by atoms with Gasteiger partial charge < -0.3 is 0 Å². The van der Waals surface area contributed by atoms with Crippen LogP contribution in [0.2, 0.25) is 0 Å². The van der Waals surface area contributed by atoms with Gasteiger partial charge in [0.25, 0.3) is 0 Å². The van der Waals surface area contributed by atoms with Gasteiger partial charge >= 0.3 is 0 Å². The molecule has 0 saturated heterocycles. The molecule has 2 N–H and O–H groups in total. The fourth-order valence-corrected chi connectivity index (χ4v) is 4.58. The van der Waals surface area contributed by atoms with Crippen LogP contribution in [0.15, 0.2) is 0 Å². The second kappa shape index (κ2) is 3.97. The average Bonchev–Trinajstić information content (AvgIpc) is 3.24. The number of rotatable bonds is 2. The van der Waals surface area contributed by atoms with Crippen molar-refractivity contribution in [3.8, 4) is 0 Å². The molecule has 3 unspecified atom stereocenters. The smallest absolute Gasteiger partial charge is 0.242 e. The lowest BCUT2D eigenvalue weighted by Crippen LogP contribution is -2.44. The van der Waals surface area contributed by atoms with E-state index in [1.165, 1.54) is 44.9 Å². The molecule has 3 atom stereocenters. The molecule has 2 amide bonds. The van der Waals surface area contributed by atoms with Crippen molar-refractivity contribution in [1.82, 2.24) is 10.9 Å². The van der Waals surface area contributed by atoms with E-state index in [1.807, 2.05) is 0 Å². The number of carbonyl (C=O) groups excluding carboxylic acids is 2. The molecule has 0 aromatic rings. The van der Waals surface area contributed by atoms with Gasteiger partial charge in [-0.1, -0.05) is 19.3 Å². The summed E-state index contributed by atoms with van der Waals surface area (Å²) in [6.45, 7) is 0. The molecule has 4 fully saturated rings. The van der Waals surface area contributed by atoms with Crippen molar-refractivity contribution in [3.63, 3.8) is 0 Å². The molecule has 104 valence electrons. The van der Waals surface area contributed by atoms with Crippen LogP contribution in [0.5, 0.6) is 0 Å². The molecule has 4 aliphatic carbocycles. The number of fused-ring (bicyclic) bond motifs is 1. The number of nitrogens with one attached hydrogen (secondary N) is 2. The highest BCUT2D eigenvalue weighted by Crippen LogP contribution is 2.65. The van der Waals surface area contributed by atoms with Crippen LogP contribution < -0.4 is 10.9 Å². The number of hydrogen-bond acceptors (Lipinski definition) is 2. The summed E-state index contributed by atoms with van der Waals surface area (Å²) in [6, 6.07) is 0. The maximum atomic E-state index is 12.0. The maximum Gasteiger partial charge on any atom is 0.242 e. The van der Waals surface area contributed by atoms with Gasteiger partial charge in [-0.05, 0) is 49.4 Å². The Hall–Kier alpha value is -1.06. The van der Waals surface area contributed by atoms with Crippen molar-refractivity contribution < 1.29 is 9.59 Å². The molecule has 0 radical (unpaired) electrons. The number of carbonyl (C=O) groups is 2. The standard InChI is InChI=1S/C15H22N2O2/c18-13(11-8-15(11)6-3-7-15)16-17-14(19)12-9-4-1-2-5-10(9)12/h9-12H,1-8H2,(H,16,18)(H,17,19). The minimum atomic E-state index is 0.0386. The van der Waals surface area contributed by atoms with Gasteiger partial charge in [0.1, 0.15) is 0 Å². The first-order chi connectivity index (χ1) is 9.21. The Morgan fingerprint density at radius 3 is 2.05 bits per heavy atom. The van der Waals surface area contributed by atoms with Crippen LogP contribution >= 0.6 is 0 Å². The molecule has 0 aliphatic heterocycles. The van der Waals surface area contributed by atoms with E-state index in [0.29, 0.717) is 17.3 Å². The molecule has 0 heterocycles. The first-order valence-electron chi connectivity index (χ1n) is 7.81. The molecular weight excluding hydrogens is 240 g/mol. The third-order valence-corrected chi connectivity index (χ3v) is 6.12. The van der Waals surface area contributed by atoms with Crippen molar-refractivity contribution in [1.29, 1.82) is 0 Å². The average molecular weight is 262 g/mol. The summed E-state index contributed by atoms with van der Waals surface area (Å²) in [6.07, 6.45) is 9.62. The van der Waals surface area contributed by atoms with Gasteiger partial charge in [-0.25, -0.2) is 0 Å². The van der Waals surface area contributed by atoms with E-state index < -0.39 is 0 Å². The van der Waals surface area contributed by atoms with Crippen molar-refractivity contribution in [2.45, 2.75) is 51.4 Å². The van der Waals surface area contributed by atoms with E-state index in [1.54, 1.807) is 0 Å². The molecule has 4 saturated carbocycles. The summed E-state index contributed by atoms with van der Waals surface area (Å²) in [7, 11) is 0.